The van der Waals surface area contributed by atoms with Crippen LogP contribution in [0.1, 0.15) is 74.5 Å². The summed E-state index contributed by atoms with van der Waals surface area (Å²) >= 11 is 1.36. The number of benzene rings is 1. The fourth-order valence-electron chi connectivity index (χ4n) is 4.47. The van der Waals surface area contributed by atoms with Crippen molar-refractivity contribution in [2.75, 3.05) is 31.5 Å². The van der Waals surface area contributed by atoms with Crippen LogP contribution in [0.4, 0.5) is 19.7 Å². The summed E-state index contributed by atoms with van der Waals surface area (Å²) < 4.78 is 25.9. The Morgan fingerprint density at radius 3 is 1.88 bits per heavy atom. The van der Waals surface area contributed by atoms with E-state index in [1.54, 1.807) is 28.0 Å². The molecule has 3 amide bonds. The molecule has 3 heterocycles. The van der Waals surface area contributed by atoms with E-state index in [0.29, 0.717) is 55.1 Å². The SMILES string of the molecule is CC(C)(C)OC(=O)N1CC=C(c2ccc(C(=O)Nc3ccc(C4=CCN(C(=O)OC(C)(C)C)CC4)c(F)c3)s2)CC1. The summed E-state index contributed by atoms with van der Waals surface area (Å²) in [6.07, 6.45) is 4.28. The zero-order valence-corrected chi connectivity index (χ0v) is 25.3. The second-order valence-corrected chi connectivity index (χ2v) is 13.2. The number of ether oxygens (including phenoxy) is 2. The van der Waals surface area contributed by atoms with Crippen molar-refractivity contribution in [1.82, 2.24) is 9.80 Å². The Morgan fingerprint density at radius 1 is 0.829 bits per heavy atom. The number of amides is 3. The van der Waals surface area contributed by atoms with E-state index in [9.17, 15) is 14.4 Å². The van der Waals surface area contributed by atoms with E-state index in [0.717, 1.165) is 16.0 Å². The average Bonchev–Trinajstić information content (AvgIpc) is 3.38. The van der Waals surface area contributed by atoms with E-state index in [2.05, 4.69) is 5.32 Å². The van der Waals surface area contributed by atoms with Crippen LogP contribution in [-0.2, 0) is 9.47 Å². The number of anilines is 1. The summed E-state index contributed by atoms with van der Waals surface area (Å²) in [7, 11) is 0. The summed E-state index contributed by atoms with van der Waals surface area (Å²) in [5.74, 6) is -0.751. The smallest absolute Gasteiger partial charge is 0.410 e. The zero-order chi connectivity index (χ0) is 29.9. The average molecular weight is 584 g/mol. The third kappa shape index (κ3) is 8.19. The Morgan fingerprint density at radius 2 is 1.39 bits per heavy atom. The van der Waals surface area contributed by atoms with Gasteiger partial charge < -0.3 is 24.6 Å². The van der Waals surface area contributed by atoms with Gasteiger partial charge in [0.15, 0.2) is 0 Å². The van der Waals surface area contributed by atoms with Crippen LogP contribution in [0.5, 0.6) is 0 Å². The molecule has 8 nitrogen and oxygen atoms in total. The Hall–Kier alpha value is -3.66. The van der Waals surface area contributed by atoms with Gasteiger partial charge in [-0.2, -0.15) is 0 Å². The predicted octanol–water partition coefficient (Wildman–Crippen LogP) is 7.19. The lowest BCUT2D eigenvalue weighted by Gasteiger charge is -2.29. The van der Waals surface area contributed by atoms with Crippen molar-refractivity contribution in [2.45, 2.75) is 65.6 Å². The summed E-state index contributed by atoms with van der Waals surface area (Å²) in [4.78, 5) is 42.2. The maximum atomic E-state index is 15.1. The molecule has 2 aliphatic heterocycles. The van der Waals surface area contributed by atoms with Crippen LogP contribution in [0.2, 0.25) is 0 Å². The van der Waals surface area contributed by atoms with E-state index in [1.165, 1.54) is 17.4 Å². The fraction of sp³-hybridized carbons (Fsp3) is 0.452. The number of thiophene rings is 1. The molecule has 2 aromatic rings. The van der Waals surface area contributed by atoms with Crippen LogP contribution in [0.25, 0.3) is 11.1 Å². The highest BCUT2D eigenvalue weighted by molar-refractivity contribution is 7.15. The lowest BCUT2D eigenvalue weighted by molar-refractivity contribution is 0.0260. The molecule has 0 spiro atoms. The van der Waals surface area contributed by atoms with Crippen LogP contribution in [0.15, 0.2) is 42.5 Å². The first-order valence-electron chi connectivity index (χ1n) is 13.7. The molecule has 0 saturated heterocycles. The van der Waals surface area contributed by atoms with Gasteiger partial charge in [-0.05, 0) is 95.9 Å². The minimum absolute atomic E-state index is 0.315. The molecule has 1 aromatic heterocycles. The highest BCUT2D eigenvalue weighted by Crippen LogP contribution is 2.31. The first kappa shape index (κ1) is 30.3. The third-order valence-electron chi connectivity index (χ3n) is 6.44. The first-order valence-corrected chi connectivity index (χ1v) is 14.6. The van der Waals surface area contributed by atoms with Gasteiger partial charge in [-0.3, -0.25) is 4.79 Å². The molecule has 0 fully saturated rings. The molecule has 1 aromatic carbocycles. The molecule has 4 rings (SSSR count). The summed E-state index contributed by atoms with van der Waals surface area (Å²) in [6, 6.07) is 8.31. The maximum absolute atomic E-state index is 15.1. The van der Waals surface area contributed by atoms with Crippen molar-refractivity contribution < 1.29 is 28.2 Å². The number of carbonyl (C=O) groups is 3. The molecule has 0 bridgehead atoms. The molecule has 41 heavy (non-hydrogen) atoms. The Balaban J connectivity index is 1.34. The van der Waals surface area contributed by atoms with Crippen molar-refractivity contribution in [2.24, 2.45) is 0 Å². The second-order valence-electron chi connectivity index (χ2n) is 12.1. The number of halogens is 1. The summed E-state index contributed by atoms with van der Waals surface area (Å²) in [5, 5.41) is 2.79. The summed E-state index contributed by atoms with van der Waals surface area (Å²) in [5.41, 5.74) is 1.59. The van der Waals surface area contributed by atoms with E-state index in [1.807, 2.05) is 59.8 Å². The van der Waals surface area contributed by atoms with Crippen LogP contribution >= 0.6 is 11.3 Å². The van der Waals surface area contributed by atoms with Crippen LogP contribution in [0.3, 0.4) is 0 Å². The van der Waals surface area contributed by atoms with E-state index >= 15 is 4.39 Å². The molecule has 0 unspecified atom stereocenters. The van der Waals surface area contributed by atoms with Gasteiger partial charge in [-0.25, -0.2) is 14.0 Å². The van der Waals surface area contributed by atoms with Crippen LogP contribution in [0, 0.1) is 5.82 Å². The molecule has 1 N–H and O–H groups in total. The van der Waals surface area contributed by atoms with Gasteiger partial charge in [0.05, 0.1) is 4.88 Å². The number of nitrogens with one attached hydrogen (secondary N) is 1. The second kappa shape index (κ2) is 12.1. The van der Waals surface area contributed by atoms with Gasteiger partial charge in [0.1, 0.15) is 17.0 Å². The Kier molecular flexibility index (Phi) is 8.91. The largest absolute Gasteiger partial charge is 0.444 e. The minimum atomic E-state index is -0.573. The van der Waals surface area contributed by atoms with E-state index in [-0.39, 0.29) is 18.1 Å². The minimum Gasteiger partial charge on any atom is -0.444 e. The topological polar surface area (TPSA) is 88.2 Å². The van der Waals surface area contributed by atoms with Gasteiger partial charge >= 0.3 is 12.2 Å². The molecule has 2 aliphatic rings. The van der Waals surface area contributed by atoms with Crippen molar-refractivity contribution in [3.05, 3.63) is 63.6 Å². The standard InChI is InChI=1S/C31H38FN3O5S/c1-30(2,3)39-28(37)34-15-11-20(12-16-34)23-8-7-22(19-24(23)32)33-27(36)26-10-9-25(41-26)21-13-17-35(18-14-21)29(38)40-31(4,5)6/h7-11,13,19H,12,14-18H2,1-6H3,(H,33,36). The first-order chi connectivity index (χ1) is 19.2. The number of carbonyl (C=O) groups excluding carboxylic acids is 3. The highest BCUT2D eigenvalue weighted by atomic mass is 32.1. The Bertz CT molecular complexity index is 1380. The normalized spacial score (nSPS) is 16.1. The highest BCUT2D eigenvalue weighted by Gasteiger charge is 2.26. The van der Waals surface area contributed by atoms with Crippen molar-refractivity contribution in [3.63, 3.8) is 0 Å². The van der Waals surface area contributed by atoms with Gasteiger partial charge in [-0.15, -0.1) is 11.3 Å². The fourth-order valence-corrected chi connectivity index (χ4v) is 5.44. The van der Waals surface area contributed by atoms with E-state index < -0.39 is 17.0 Å². The van der Waals surface area contributed by atoms with Gasteiger partial charge in [0.25, 0.3) is 5.91 Å². The van der Waals surface area contributed by atoms with Gasteiger partial charge in [0, 0.05) is 42.3 Å². The van der Waals surface area contributed by atoms with Crippen LogP contribution < -0.4 is 5.32 Å². The van der Waals surface area contributed by atoms with Crippen molar-refractivity contribution in [1.29, 1.82) is 0 Å². The lowest BCUT2D eigenvalue weighted by Crippen LogP contribution is -2.39. The van der Waals surface area contributed by atoms with Crippen molar-refractivity contribution in [3.8, 4) is 0 Å². The van der Waals surface area contributed by atoms with E-state index in [4.69, 9.17) is 9.47 Å². The molecular weight excluding hydrogens is 545 g/mol. The molecule has 0 radical (unpaired) electrons. The van der Waals surface area contributed by atoms with Crippen molar-refractivity contribution >= 4 is 46.3 Å². The quantitative estimate of drug-likeness (QED) is 0.412. The van der Waals surface area contributed by atoms with Gasteiger partial charge in [0.2, 0.25) is 0 Å². The third-order valence-corrected chi connectivity index (χ3v) is 7.60. The molecule has 220 valence electrons. The number of hydrogen-bond donors (Lipinski definition) is 1. The van der Waals surface area contributed by atoms with Crippen LogP contribution in [-0.4, -0.2) is 65.3 Å². The lowest BCUT2D eigenvalue weighted by atomic mass is 9.98. The van der Waals surface area contributed by atoms with Gasteiger partial charge in [-0.1, -0.05) is 12.2 Å². The molecule has 0 saturated carbocycles. The number of nitrogens with zero attached hydrogens (tertiary/aromatic N) is 2. The number of rotatable bonds is 4. The molecular formula is C31H38FN3O5S. The monoisotopic (exact) mass is 583 g/mol. The summed E-state index contributed by atoms with van der Waals surface area (Å²) in [6.45, 7) is 12.8. The Labute approximate surface area is 244 Å². The number of hydrogen-bond acceptors (Lipinski definition) is 6. The predicted molar refractivity (Wildman–Crippen MR) is 159 cm³/mol. The zero-order valence-electron chi connectivity index (χ0n) is 24.5. The molecule has 0 atom stereocenters. The molecule has 10 heteroatoms. The maximum Gasteiger partial charge on any atom is 0.410 e. The molecule has 0 aliphatic carbocycles.